The van der Waals surface area contributed by atoms with Gasteiger partial charge in [0.15, 0.2) is 0 Å². The fraction of sp³-hybridized carbons (Fsp3) is 0.308. The minimum Gasteiger partial charge on any atom is -0.347 e. The highest BCUT2D eigenvalue weighted by molar-refractivity contribution is 6.30. The van der Waals surface area contributed by atoms with Crippen molar-refractivity contribution in [3.05, 3.63) is 53.1 Å². The molecule has 0 bridgehead atoms. The van der Waals surface area contributed by atoms with Gasteiger partial charge in [-0.25, -0.2) is 4.98 Å². The van der Waals surface area contributed by atoms with Gasteiger partial charge in [-0.1, -0.05) is 30.7 Å². The summed E-state index contributed by atoms with van der Waals surface area (Å²) in [6.07, 6.45) is 4.70. The monoisotopic (exact) mass is 249 g/mol. The number of aromatic nitrogens is 2. The Hall–Kier alpha value is -1.32. The van der Waals surface area contributed by atoms with Gasteiger partial charge in [0.2, 0.25) is 0 Å². The maximum Gasteiger partial charge on any atom is 0.127 e. The summed E-state index contributed by atoms with van der Waals surface area (Å²) in [6, 6.07) is 7.96. The Kier molecular flexibility index (Phi) is 4.18. The molecule has 1 atom stereocenters. The number of nitrogens with zero attached hydrogens (tertiary/aromatic N) is 1. The first-order chi connectivity index (χ1) is 8.31. The topological polar surface area (TPSA) is 40.7 Å². The number of hydrogen-bond donors (Lipinski definition) is 2. The lowest BCUT2D eigenvalue weighted by Gasteiger charge is -2.16. The van der Waals surface area contributed by atoms with Gasteiger partial charge in [0.05, 0.1) is 6.04 Å². The summed E-state index contributed by atoms with van der Waals surface area (Å²) in [4.78, 5) is 7.47. The first-order valence-corrected chi connectivity index (χ1v) is 6.17. The van der Waals surface area contributed by atoms with Crippen LogP contribution in [0.5, 0.6) is 0 Å². The summed E-state index contributed by atoms with van der Waals surface area (Å²) in [6.45, 7) is 3.10. The maximum absolute atomic E-state index is 5.90. The van der Waals surface area contributed by atoms with E-state index in [-0.39, 0.29) is 6.04 Å². The molecule has 0 amide bonds. The van der Waals surface area contributed by atoms with E-state index in [0.29, 0.717) is 0 Å². The highest BCUT2D eigenvalue weighted by Crippen LogP contribution is 2.20. The number of benzene rings is 1. The largest absolute Gasteiger partial charge is 0.347 e. The SMILES string of the molecule is CCCNC(c1ccc(Cl)cc1)c1ncc[nH]1. The molecule has 0 saturated heterocycles. The number of H-pyrrole nitrogens is 1. The summed E-state index contributed by atoms with van der Waals surface area (Å²) in [5.41, 5.74) is 1.16. The molecule has 0 saturated carbocycles. The van der Waals surface area contributed by atoms with Crippen molar-refractivity contribution < 1.29 is 0 Å². The fourth-order valence-electron chi connectivity index (χ4n) is 1.75. The molecule has 2 aromatic rings. The van der Waals surface area contributed by atoms with E-state index >= 15 is 0 Å². The van der Waals surface area contributed by atoms with Crippen molar-refractivity contribution in [3.8, 4) is 0 Å². The molecule has 0 aliphatic heterocycles. The molecule has 0 radical (unpaired) electrons. The normalized spacial score (nSPS) is 12.6. The van der Waals surface area contributed by atoms with Crippen molar-refractivity contribution in [3.63, 3.8) is 0 Å². The van der Waals surface area contributed by atoms with Crippen LogP contribution in [-0.2, 0) is 0 Å². The molecule has 0 aliphatic carbocycles. The van der Waals surface area contributed by atoms with Gasteiger partial charge in [-0.05, 0) is 30.7 Å². The van der Waals surface area contributed by atoms with Crippen LogP contribution in [0.4, 0.5) is 0 Å². The average molecular weight is 250 g/mol. The van der Waals surface area contributed by atoms with E-state index < -0.39 is 0 Å². The van der Waals surface area contributed by atoms with E-state index in [0.717, 1.165) is 29.4 Å². The summed E-state index contributed by atoms with van der Waals surface area (Å²) in [5, 5.41) is 4.22. The van der Waals surface area contributed by atoms with Crippen LogP contribution in [0.25, 0.3) is 0 Å². The molecule has 0 aliphatic rings. The maximum atomic E-state index is 5.90. The van der Waals surface area contributed by atoms with Crippen LogP contribution in [0, 0.1) is 0 Å². The zero-order valence-corrected chi connectivity index (χ0v) is 10.5. The highest BCUT2D eigenvalue weighted by Gasteiger charge is 2.14. The van der Waals surface area contributed by atoms with E-state index in [9.17, 15) is 0 Å². The van der Waals surface area contributed by atoms with Gasteiger partial charge in [0.25, 0.3) is 0 Å². The molecule has 3 nitrogen and oxygen atoms in total. The molecule has 0 spiro atoms. The van der Waals surface area contributed by atoms with E-state index in [2.05, 4.69) is 22.2 Å². The second-order valence-corrected chi connectivity index (χ2v) is 4.35. The van der Waals surface area contributed by atoms with Gasteiger partial charge in [-0.2, -0.15) is 0 Å². The van der Waals surface area contributed by atoms with Crippen molar-refractivity contribution in [2.45, 2.75) is 19.4 Å². The van der Waals surface area contributed by atoms with Crippen LogP contribution in [0.2, 0.25) is 5.02 Å². The zero-order chi connectivity index (χ0) is 12.1. The first kappa shape index (κ1) is 12.1. The van der Waals surface area contributed by atoms with Crippen LogP contribution < -0.4 is 5.32 Å². The lowest BCUT2D eigenvalue weighted by atomic mass is 10.1. The Morgan fingerprint density at radius 2 is 2.12 bits per heavy atom. The lowest BCUT2D eigenvalue weighted by Crippen LogP contribution is -2.24. The summed E-state index contributed by atoms with van der Waals surface area (Å²) < 4.78 is 0. The first-order valence-electron chi connectivity index (χ1n) is 5.79. The number of aromatic amines is 1. The number of imidazole rings is 1. The molecule has 17 heavy (non-hydrogen) atoms. The highest BCUT2D eigenvalue weighted by atomic mass is 35.5. The van der Waals surface area contributed by atoms with Gasteiger partial charge >= 0.3 is 0 Å². The van der Waals surface area contributed by atoms with Crippen LogP contribution in [-0.4, -0.2) is 16.5 Å². The van der Waals surface area contributed by atoms with Crippen LogP contribution in [0.15, 0.2) is 36.7 Å². The lowest BCUT2D eigenvalue weighted by molar-refractivity contribution is 0.576. The van der Waals surface area contributed by atoms with E-state index in [1.807, 2.05) is 30.5 Å². The van der Waals surface area contributed by atoms with Crippen molar-refractivity contribution in [2.75, 3.05) is 6.54 Å². The van der Waals surface area contributed by atoms with Gasteiger partial charge < -0.3 is 10.3 Å². The second kappa shape index (κ2) is 5.84. The molecule has 2 N–H and O–H groups in total. The average Bonchev–Trinajstić information content (AvgIpc) is 2.85. The smallest absolute Gasteiger partial charge is 0.127 e. The zero-order valence-electron chi connectivity index (χ0n) is 9.78. The second-order valence-electron chi connectivity index (χ2n) is 3.91. The van der Waals surface area contributed by atoms with Crippen molar-refractivity contribution in [1.29, 1.82) is 0 Å². The minimum atomic E-state index is 0.0993. The third-order valence-corrected chi connectivity index (χ3v) is 2.85. The van der Waals surface area contributed by atoms with Gasteiger partial charge in [0.1, 0.15) is 5.82 Å². The fourth-order valence-corrected chi connectivity index (χ4v) is 1.88. The van der Waals surface area contributed by atoms with Crippen molar-refractivity contribution in [2.24, 2.45) is 0 Å². The summed E-state index contributed by atoms with van der Waals surface area (Å²) in [7, 11) is 0. The molecular formula is C13H16ClN3. The Balaban J connectivity index is 2.23. The summed E-state index contributed by atoms with van der Waals surface area (Å²) in [5.74, 6) is 0.931. The van der Waals surface area contributed by atoms with E-state index in [1.54, 1.807) is 6.20 Å². The van der Waals surface area contributed by atoms with Gasteiger partial charge in [-0.15, -0.1) is 0 Å². The van der Waals surface area contributed by atoms with Crippen LogP contribution in [0.3, 0.4) is 0 Å². The van der Waals surface area contributed by atoms with Gasteiger partial charge in [-0.3, -0.25) is 0 Å². The molecular weight excluding hydrogens is 234 g/mol. The molecule has 4 heteroatoms. The summed E-state index contributed by atoms with van der Waals surface area (Å²) >= 11 is 5.90. The predicted molar refractivity (Wildman–Crippen MR) is 70.2 cm³/mol. The third-order valence-electron chi connectivity index (χ3n) is 2.59. The number of rotatable bonds is 5. The Morgan fingerprint density at radius 1 is 1.35 bits per heavy atom. The quantitative estimate of drug-likeness (QED) is 0.855. The number of hydrogen-bond acceptors (Lipinski definition) is 2. The van der Waals surface area contributed by atoms with Crippen molar-refractivity contribution >= 4 is 11.6 Å². The predicted octanol–water partition coefficient (Wildman–Crippen LogP) is 3.15. The van der Waals surface area contributed by atoms with E-state index in [4.69, 9.17) is 11.6 Å². The van der Waals surface area contributed by atoms with Crippen LogP contribution >= 0.6 is 11.6 Å². The van der Waals surface area contributed by atoms with E-state index in [1.165, 1.54) is 0 Å². The molecule has 1 heterocycles. The number of halogens is 1. The van der Waals surface area contributed by atoms with Gasteiger partial charge in [0, 0.05) is 17.4 Å². The standard InChI is InChI=1S/C13H16ClN3/c1-2-7-15-12(13-16-8-9-17-13)10-3-5-11(14)6-4-10/h3-6,8-9,12,15H,2,7H2,1H3,(H,16,17). The Bertz CT molecular complexity index is 436. The van der Waals surface area contributed by atoms with Crippen molar-refractivity contribution in [1.82, 2.24) is 15.3 Å². The Morgan fingerprint density at radius 3 is 2.71 bits per heavy atom. The Labute approximate surface area is 106 Å². The van der Waals surface area contributed by atoms with Crippen LogP contribution in [0.1, 0.15) is 30.8 Å². The minimum absolute atomic E-state index is 0.0993. The third kappa shape index (κ3) is 3.08. The molecule has 2 rings (SSSR count). The molecule has 0 fully saturated rings. The molecule has 90 valence electrons. The molecule has 1 aromatic carbocycles. The number of nitrogens with one attached hydrogen (secondary N) is 2. The molecule has 1 unspecified atom stereocenters. The molecule has 1 aromatic heterocycles.